The van der Waals surface area contributed by atoms with Crippen molar-refractivity contribution in [3.05, 3.63) is 35.9 Å². The molecule has 6 heteroatoms. The molecule has 0 spiro atoms. The second-order valence-electron chi connectivity index (χ2n) is 3.70. The molecule has 0 aliphatic heterocycles. The molecule has 0 aliphatic carbocycles. The Kier molecular flexibility index (Phi) is 4.91. The molecule has 1 aromatic rings. The Morgan fingerprint density at radius 2 is 2.00 bits per heavy atom. The zero-order valence-corrected chi connectivity index (χ0v) is 9.38. The van der Waals surface area contributed by atoms with Gasteiger partial charge < -0.3 is 9.84 Å². The Balaban J connectivity index is 2.42. The average molecular weight is 258 g/mol. The third-order valence-corrected chi connectivity index (χ3v) is 2.10. The van der Waals surface area contributed by atoms with Crippen molar-refractivity contribution >= 4 is 12.3 Å². The van der Waals surface area contributed by atoms with Crippen LogP contribution in [0.15, 0.2) is 30.3 Å². The van der Waals surface area contributed by atoms with Gasteiger partial charge in [-0.05, 0) is 12.1 Å². The van der Waals surface area contributed by atoms with Gasteiger partial charge >= 0.3 is 11.9 Å². The minimum atomic E-state index is -3.61. The SMILES string of the molecule is O=CC(F)(F)C[C@H](O)COC(=O)c1ccccc1. The van der Waals surface area contributed by atoms with Crippen LogP contribution in [-0.4, -0.2) is 36.0 Å². The van der Waals surface area contributed by atoms with E-state index in [1.165, 1.54) is 12.1 Å². The summed E-state index contributed by atoms with van der Waals surface area (Å²) in [6, 6.07) is 7.93. The van der Waals surface area contributed by atoms with Crippen molar-refractivity contribution in [3.63, 3.8) is 0 Å². The molecule has 0 fully saturated rings. The number of aldehydes is 1. The van der Waals surface area contributed by atoms with E-state index in [1.54, 1.807) is 18.2 Å². The summed E-state index contributed by atoms with van der Waals surface area (Å²) >= 11 is 0. The maximum Gasteiger partial charge on any atom is 0.338 e. The molecule has 0 unspecified atom stereocenters. The summed E-state index contributed by atoms with van der Waals surface area (Å²) in [5, 5.41) is 9.20. The zero-order valence-electron chi connectivity index (χ0n) is 9.38. The molecule has 0 amide bonds. The highest BCUT2D eigenvalue weighted by molar-refractivity contribution is 5.89. The van der Waals surface area contributed by atoms with Crippen LogP contribution in [0.3, 0.4) is 0 Å². The lowest BCUT2D eigenvalue weighted by Gasteiger charge is -2.14. The summed E-state index contributed by atoms with van der Waals surface area (Å²) in [7, 11) is 0. The lowest BCUT2D eigenvalue weighted by molar-refractivity contribution is -0.134. The Labute approximate surface area is 102 Å². The molecule has 1 atom stereocenters. The summed E-state index contributed by atoms with van der Waals surface area (Å²) in [5.41, 5.74) is 0.256. The molecule has 0 heterocycles. The Morgan fingerprint density at radius 3 is 2.56 bits per heavy atom. The van der Waals surface area contributed by atoms with Crippen LogP contribution in [0.5, 0.6) is 0 Å². The highest BCUT2D eigenvalue weighted by Gasteiger charge is 2.31. The largest absolute Gasteiger partial charge is 0.459 e. The van der Waals surface area contributed by atoms with Crippen LogP contribution in [0.4, 0.5) is 8.78 Å². The minimum Gasteiger partial charge on any atom is -0.459 e. The number of halogens is 2. The summed E-state index contributed by atoms with van der Waals surface area (Å²) in [6.45, 7) is -0.586. The molecule has 0 aromatic heterocycles. The minimum absolute atomic E-state index is 0.256. The van der Waals surface area contributed by atoms with E-state index >= 15 is 0 Å². The molecular formula is C12H12F2O4. The molecule has 0 aliphatic rings. The number of esters is 1. The number of rotatable bonds is 6. The van der Waals surface area contributed by atoms with Crippen LogP contribution in [0.25, 0.3) is 0 Å². The third-order valence-electron chi connectivity index (χ3n) is 2.10. The number of hydrogen-bond donors (Lipinski definition) is 1. The standard InChI is InChI=1S/C12H12F2O4/c13-12(14,8-15)6-10(16)7-18-11(17)9-4-2-1-3-5-9/h1-5,8,10,16H,6-7H2/t10-/m0/s1. The summed E-state index contributed by atoms with van der Waals surface area (Å²) in [5.74, 6) is -4.33. The van der Waals surface area contributed by atoms with E-state index in [9.17, 15) is 23.5 Å². The van der Waals surface area contributed by atoms with Gasteiger partial charge in [0.15, 0.2) is 6.29 Å². The van der Waals surface area contributed by atoms with Crippen molar-refractivity contribution in [2.24, 2.45) is 0 Å². The molecule has 1 N–H and O–H groups in total. The van der Waals surface area contributed by atoms with Crippen molar-refractivity contribution in [1.29, 1.82) is 0 Å². The quantitative estimate of drug-likeness (QED) is 0.619. The maximum absolute atomic E-state index is 12.6. The van der Waals surface area contributed by atoms with E-state index in [0.717, 1.165) is 0 Å². The molecular weight excluding hydrogens is 246 g/mol. The third kappa shape index (κ3) is 4.58. The molecule has 1 aromatic carbocycles. The van der Waals surface area contributed by atoms with Gasteiger partial charge in [0.1, 0.15) is 6.61 Å². The van der Waals surface area contributed by atoms with Crippen LogP contribution in [0.2, 0.25) is 0 Å². The van der Waals surface area contributed by atoms with Gasteiger partial charge in [-0.1, -0.05) is 18.2 Å². The van der Waals surface area contributed by atoms with Crippen molar-refractivity contribution in [2.45, 2.75) is 18.4 Å². The number of alkyl halides is 2. The number of hydrogen-bond acceptors (Lipinski definition) is 4. The Morgan fingerprint density at radius 1 is 1.39 bits per heavy atom. The normalized spacial score (nSPS) is 12.8. The first kappa shape index (κ1) is 14.2. The first-order chi connectivity index (χ1) is 8.44. The highest BCUT2D eigenvalue weighted by atomic mass is 19.3. The first-order valence-corrected chi connectivity index (χ1v) is 5.19. The number of aliphatic hydroxyl groups is 1. The van der Waals surface area contributed by atoms with Crippen LogP contribution >= 0.6 is 0 Å². The average Bonchev–Trinajstić information content (AvgIpc) is 2.36. The predicted octanol–water partition coefficient (Wildman–Crippen LogP) is 1.43. The van der Waals surface area contributed by atoms with Crippen molar-refractivity contribution in [1.82, 2.24) is 0 Å². The second-order valence-corrected chi connectivity index (χ2v) is 3.70. The fraction of sp³-hybridized carbons (Fsp3) is 0.333. The van der Waals surface area contributed by atoms with Gasteiger partial charge in [0.25, 0.3) is 0 Å². The van der Waals surface area contributed by atoms with Gasteiger partial charge in [0, 0.05) is 6.42 Å². The molecule has 0 radical (unpaired) electrons. The number of benzene rings is 1. The highest BCUT2D eigenvalue weighted by Crippen LogP contribution is 2.17. The number of ether oxygens (including phenoxy) is 1. The number of carbonyl (C=O) groups excluding carboxylic acids is 2. The fourth-order valence-corrected chi connectivity index (χ4v) is 1.25. The fourth-order valence-electron chi connectivity index (χ4n) is 1.25. The molecule has 4 nitrogen and oxygen atoms in total. The van der Waals surface area contributed by atoms with E-state index in [2.05, 4.69) is 4.74 Å². The summed E-state index contributed by atoms with van der Waals surface area (Å²) in [6.07, 6.45) is -3.20. The number of aliphatic hydroxyl groups excluding tert-OH is 1. The molecule has 0 bridgehead atoms. The van der Waals surface area contributed by atoms with E-state index in [1.807, 2.05) is 0 Å². The van der Waals surface area contributed by atoms with E-state index in [4.69, 9.17) is 0 Å². The molecule has 0 saturated heterocycles. The van der Waals surface area contributed by atoms with Crippen LogP contribution in [0, 0.1) is 0 Å². The Bertz CT molecular complexity index is 406. The number of carbonyl (C=O) groups is 2. The zero-order chi connectivity index (χ0) is 13.6. The Hall–Kier alpha value is -1.82. The smallest absolute Gasteiger partial charge is 0.338 e. The van der Waals surface area contributed by atoms with Gasteiger partial charge in [-0.25, -0.2) is 4.79 Å². The predicted molar refractivity (Wildman–Crippen MR) is 58.4 cm³/mol. The first-order valence-electron chi connectivity index (χ1n) is 5.19. The van der Waals surface area contributed by atoms with Gasteiger partial charge in [-0.15, -0.1) is 0 Å². The van der Waals surface area contributed by atoms with E-state index in [0.29, 0.717) is 0 Å². The monoisotopic (exact) mass is 258 g/mol. The van der Waals surface area contributed by atoms with Gasteiger partial charge in [-0.2, -0.15) is 8.78 Å². The summed E-state index contributed by atoms with van der Waals surface area (Å²) in [4.78, 5) is 21.3. The molecule has 0 saturated carbocycles. The van der Waals surface area contributed by atoms with Crippen molar-refractivity contribution in [2.75, 3.05) is 6.61 Å². The van der Waals surface area contributed by atoms with Gasteiger partial charge in [0.2, 0.25) is 0 Å². The van der Waals surface area contributed by atoms with Crippen LogP contribution in [0.1, 0.15) is 16.8 Å². The molecule has 1 rings (SSSR count). The summed E-state index contributed by atoms with van der Waals surface area (Å²) < 4.78 is 29.8. The van der Waals surface area contributed by atoms with Gasteiger partial charge in [0.05, 0.1) is 11.7 Å². The van der Waals surface area contributed by atoms with Crippen LogP contribution < -0.4 is 0 Å². The topological polar surface area (TPSA) is 63.6 Å². The lowest BCUT2D eigenvalue weighted by atomic mass is 10.1. The van der Waals surface area contributed by atoms with Crippen LogP contribution in [-0.2, 0) is 9.53 Å². The molecule has 18 heavy (non-hydrogen) atoms. The van der Waals surface area contributed by atoms with Crippen molar-refractivity contribution < 1.29 is 28.2 Å². The molecule has 98 valence electrons. The van der Waals surface area contributed by atoms with E-state index < -0.39 is 37.3 Å². The van der Waals surface area contributed by atoms with Gasteiger partial charge in [-0.3, -0.25) is 4.79 Å². The van der Waals surface area contributed by atoms with E-state index in [-0.39, 0.29) is 5.56 Å². The second kappa shape index (κ2) is 6.20. The maximum atomic E-state index is 12.6. The van der Waals surface area contributed by atoms with Crippen molar-refractivity contribution in [3.8, 4) is 0 Å². The lowest BCUT2D eigenvalue weighted by Crippen LogP contribution is -2.29.